The SMILES string of the molecule is CCN(C(=O)[C@@H](C)[NH+](C)CC(=O)Nc1ccccc1Cl)c1cccc2ccccc12. The fourth-order valence-electron chi connectivity index (χ4n) is 3.50. The quantitative estimate of drug-likeness (QED) is 0.610. The molecule has 0 aromatic heterocycles. The molecule has 30 heavy (non-hydrogen) atoms. The third kappa shape index (κ3) is 4.81. The van der Waals surface area contributed by atoms with E-state index in [1.807, 2.05) is 75.5 Å². The maximum Gasteiger partial charge on any atom is 0.284 e. The van der Waals surface area contributed by atoms with E-state index in [1.165, 1.54) is 0 Å². The van der Waals surface area contributed by atoms with Crippen LogP contribution in [0.3, 0.4) is 0 Å². The molecule has 2 atom stereocenters. The molecule has 3 aromatic rings. The van der Waals surface area contributed by atoms with Crippen molar-refractivity contribution in [2.24, 2.45) is 0 Å². The zero-order chi connectivity index (χ0) is 21.7. The van der Waals surface area contributed by atoms with Crippen molar-refractivity contribution >= 4 is 45.6 Å². The van der Waals surface area contributed by atoms with Crippen LogP contribution in [0.1, 0.15) is 13.8 Å². The molecule has 0 heterocycles. The van der Waals surface area contributed by atoms with Gasteiger partial charge in [0.15, 0.2) is 12.6 Å². The smallest absolute Gasteiger partial charge is 0.284 e. The molecule has 3 rings (SSSR count). The van der Waals surface area contributed by atoms with Gasteiger partial charge in [-0.1, -0.05) is 60.1 Å². The Labute approximate surface area is 182 Å². The number of rotatable bonds is 7. The number of halogens is 1. The van der Waals surface area contributed by atoms with Gasteiger partial charge in [0.05, 0.1) is 23.4 Å². The Hall–Kier alpha value is -2.89. The summed E-state index contributed by atoms with van der Waals surface area (Å²) in [7, 11) is 1.85. The van der Waals surface area contributed by atoms with Gasteiger partial charge in [0.2, 0.25) is 0 Å². The average Bonchev–Trinajstić information content (AvgIpc) is 2.75. The number of anilines is 2. The summed E-state index contributed by atoms with van der Waals surface area (Å²) in [6.07, 6.45) is 0. The van der Waals surface area contributed by atoms with Crippen LogP contribution >= 0.6 is 11.6 Å². The van der Waals surface area contributed by atoms with Gasteiger partial charge >= 0.3 is 0 Å². The molecule has 0 bridgehead atoms. The van der Waals surface area contributed by atoms with E-state index >= 15 is 0 Å². The number of nitrogens with one attached hydrogen (secondary N) is 2. The standard InChI is InChI=1S/C24H26ClN3O2/c1-4-28(22-15-9-11-18-10-5-6-12-19(18)22)24(30)17(2)27(3)16-23(29)26-21-14-8-7-13-20(21)25/h5-15,17H,4,16H2,1-3H3,(H,26,29)/p+1/t17-/m1/s1. The van der Waals surface area contributed by atoms with Crippen LogP contribution in [0.5, 0.6) is 0 Å². The second-order valence-electron chi connectivity index (χ2n) is 7.35. The van der Waals surface area contributed by atoms with E-state index in [-0.39, 0.29) is 24.4 Å². The molecule has 0 fully saturated rings. The lowest BCUT2D eigenvalue weighted by Gasteiger charge is -2.28. The summed E-state index contributed by atoms with van der Waals surface area (Å²) < 4.78 is 0. The van der Waals surface area contributed by atoms with Crippen LogP contribution in [0.25, 0.3) is 10.8 Å². The number of fused-ring (bicyclic) bond motifs is 1. The fourth-order valence-corrected chi connectivity index (χ4v) is 3.68. The van der Waals surface area contributed by atoms with Gasteiger partial charge in [-0.2, -0.15) is 0 Å². The average molecular weight is 425 g/mol. The third-order valence-corrected chi connectivity index (χ3v) is 5.67. The van der Waals surface area contributed by atoms with Gasteiger partial charge in [0.1, 0.15) is 0 Å². The van der Waals surface area contributed by atoms with Gasteiger partial charge in [-0.25, -0.2) is 0 Å². The Morgan fingerprint density at radius 1 is 1.03 bits per heavy atom. The molecule has 6 heteroatoms. The minimum absolute atomic E-state index is 0.0168. The zero-order valence-electron chi connectivity index (χ0n) is 17.5. The van der Waals surface area contributed by atoms with Crippen LogP contribution in [0.15, 0.2) is 66.7 Å². The Morgan fingerprint density at radius 2 is 1.70 bits per heavy atom. The van der Waals surface area contributed by atoms with Crippen molar-refractivity contribution in [1.29, 1.82) is 0 Å². The number of nitrogens with zero attached hydrogens (tertiary/aromatic N) is 1. The number of benzene rings is 3. The molecule has 0 aliphatic rings. The Balaban J connectivity index is 1.72. The first kappa shape index (κ1) is 21.8. The first-order valence-corrected chi connectivity index (χ1v) is 10.5. The van der Waals surface area contributed by atoms with Crippen LogP contribution in [0.2, 0.25) is 5.02 Å². The highest BCUT2D eigenvalue weighted by Crippen LogP contribution is 2.27. The van der Waals surface area contributed by atoms with Crippen molar-refractivity contribution in [2.45, 2.75) is 19.9 Å². The Morgan fingerprint density at radius 3 is 2.43 bits per heavy atom. The summed E-state index contributed by atoms with van der Waals surface area (Å²) in [5, 5.41) is 5.43. The van der Waals surface area contributed by atoms with Gasteiger partial charge in [0, 0.05) is 11.9 Å². The number of hydrogen-bond acceptors (Lipinski definition) is 2. The number of para-hydroxylation sites is 1. The maximum absolute atomic E-state index is 13.3. The maximum atomic E-state index is 13.3. The molecule has 2 amide bonds. The van der Waals surface area contributed by atoms with Crippen molar-refractivity contribution < 1.29 is 14.5 Å². The largest absolute Gasteiger partial charge is 0.320 e. The highest BCUT2D eigenvalue weighted by molar-refractivity contribution is 6.33. The van der Waals surface area contributed by atoms with Crippen molar-refractivity contribution in [3.05, 3.63) is 71.8 Å². The molecular formula is C24H27ClN3O2+. The van der Waals surface area contributed by atoms with Crippen LogP contribution in [0, 0.1) is 0 Å². The van der Waals surface area contributed by atoms with E-state index in [2.05, 4.69) is 5.32 Å². The molecule has 2 N–H and O–H groups in total. The summed E-state index contributed by atoms with van der Waals surface area (Å²) >= 11 is 6.11. The van der Waals surface area contributed by atoms with E-state index in [0.717, 1.165) is 21.4 Å². The predicted octanol–water partition coefficient (Wildman–Crippen LogP) is 3.39. The van der Waals surface area contributed by atoms with Gasteiger partial charge in [0.25, 0.3) is 11.8 Å². The summed E-state index contributed by atoms with van der Waals surface area (Å²) in [5.41, 5.74) is 1.46. The zero-order valence-corrected chi connectivity index (χ0v) is 18.2. The van der Waals surface area contributed by atoms with Crippen molar-refractivity contribution in [3.8, 4) is 0 Å². The van der Waals surface area contributed by atoms with E-state index in [0.29, 0.717) is 17.3 Å². The first-order valence-electron chi connectivity index (χ1n) is 10.1. The summed E-state index contributed by atoms with van der Waals surface area (Å²) in [5.74, 6) is -0.203. The molecule has 3 aromatic carbocycles. The second kappa shape index (κ2) is 9.74. The number of amides is 2. The molecule has 5 nitrogen and oxygen atoms in total. The van der Waals surface area contributed by atoms with Gasteiger partial charge in [-0.15, -0.1) is 0 Å². The second-order valence-corrected chi connectivity index (χ2v) is 7.76. The number of carbonyl (C=O) groups excluding carboxylic acids is 2. The van der Waals surface area contributed by atoms with Gasteiger partial charge < -0.3 is 15.1 Å². The summed E-state index contributed by atoms with van der Waals surface area (Å²) in [6, 6.07) is 20.7. The fraction of sp³-hybridized carbons (Fsp3) is 0.250. The van der Waals surface area contributed by atoms with Gasteiger partial charge in [-0.05, 0) is 37.4 Å². The lowest BCUT2D eigenvalue weighted by molar-refractivity contribution is -0.885. The van der Waals surface area contributed by atoms with Crippen LogP contribution < -0.4 is 15.1 Å². The normalized spacial score (nSPS) is 12.9. The van der Waals surface area contributed by atoms with Crippen molar-refractivity contribution in [2.75, 3.05) is 30.4 Å². The lowest BCUT2D eigenvalue weighted by Crippen LogP contribution is -3.15. The molecule has 0 saturated carbocycles. The van der Waals surface area contributed by atoms with Crippen LogP contribution in [0.4, 0.5) is 11.4 Å². The number of hydrogen-bond donors (Lipinski definition) is 2. The van der Waals surface area contributed by atoms with Crippen LogP contribution in [-0.2, 0) is 9.59 Å². The molecule has 0 aliphatic heterocycles. The highest BCUT2D eigenvalue weighted by Gasteiger charge is 2.29. The highest BCUT2D eigenvalue weighted by atomic mass is 35.5. The van der Waals surface area contributed by atoms with E-state index in [1.54, 1.807) is 17.0 Å². The van der Waals surface area contributed by atoms with E-state index in [9.17, 15) is 9.59 Å². The Kier molecular flexibility index (Phi) is 7.08. The minimum Gasteiger partial charge on any atom is -0.320 e. The molecule has 1 unspecified atom stereocenters. The lowest BCUT2D eigenvalue weighted by atomic mass is 10.1. The van der Waals surface area contributed by atoms with Gasteiger partial charge in [-0.3, -0.25) is 9.59 Å². The van der Waals surface area contributed by atoms with Crippen LogP contribution in [-0.4, -0.2) is 38.0 Å². The number of quaternary nitrogens is 1. The number of carbonyl (C=O) groups is 2. The first-order chi connectivity index (χ1) is 14.4. The van der Waals surface area contributed by atoms with Crippen molar-refractivity contribution in [3.63, 3.8) is 0 Å². The molecule has 0 radical (unpaired) electrons. The monoisotopic (exact) mass is 424 g/mol. The predicted molar refractivity (Wildman–Crippen MR) is 123 cm³/mol. The minimum atomic E-state index is -0.388. The summed E-state index contributed by atoms with van der Waals surface area (Å²) in [4.78, 5) is 28.4. The van der Waals surface area contributed by atoms with E-state index in [4.69, 9.17) is 11.6 Å². The number of likely N-dealkylation sites (N-methyl/N-ethyl adjacent to an activating group) is 2. The Bertz CT molecular complexity index is 1050. The molecule has 156 valence electrons. The molecular weight excluding hydrogens is 398 g/mol. The topological polar surface area (TPSA) is 53.9 Å². The molecule has 0 spiro atoms. The third-order valence-electron chi connectivity index (χ3n) is 5.34. The molecule has 0 aliphatic carbocycles. The molecule has 0 saturated heterocycles. The summed E-state index contributed by atoms with van der Waals surface area (Å²) in [6.45, 7) is 4.53. The van der Waals surface area contributed by atoms with Crippen molar-refractivity contribution in [1.82, 2.24) is 0 Å². The van der Waals surface area contributed by atoms with E-state index < -0.39 is 0 Å².